The first-order chi connectivity index (χ1) is 14.9. The summed E-state index contributed by atoms with van der Waals surface area (Å²) in [5.41, 5.74) is 2.80. The monoisotopic (exact) mass is 416 g/mol. The van der Waals surface area contributed by atoms with Crippen LogP contribution >= 0.6 is 0 Å². The van der Waals surface area contributed by atoms with Gasteiger partial charge in [-0.2, -0.15) is 0 Å². The number of aryl methyl sites for hydroxylation is 3. The molecular formula is C24H24N4O3. The fourth-order valence-electron chi connectivity index (χ4n) is 3.79. The molecule has 0 aliphatic carbocycles. The third-order valence-electron chi connectivity index (χ3n) is 5.50. The molecule has 158 valence electrons. The van der Waals surface area contributed by atoms with Crippen LogP contribution in [0.3, 0.4) is 0 Å². The second kappa shape index (κ2) is 8.18. The molecule has 0 fully saturated rings. The SMILES string of the molecule is CCn1cnc2c1c(=O)n(CC(=O)c1cc(C)ccc1C)c(=O)n2Cc1ccccc1. The molecule has 4 rings (SSSR count). The number of rotatable bonds is 6. The minimum Gasteiger partial charge on any atom is -0.325 e. The summed E-state index contributed by atoms with van der Waals surface area (Å²) in [7, 11) is 0. The molecule has 0 aliphatic rings. The summed E-state index contributed by atoms with van der Waals surface area (Å²) >= 11 is 0. The topological polar surface area (TPSA) is 78.9 Å². The molecule has 0 radical (unpaired) electrons. The Bertz CT molecular complexity index is 1390. The summed E-state index contributed by atoms with van der Waals surface area (Å²) in [5, 5.41) is 0. The number of hydrogen-bond acceptors (Lipinski definition) is 4. The van der Waals surface area contributed by atoms with Crippen molar-refractivity contribution in [2.75, 3.05) is 0 Å². The maximum absolute atomic E-state index is 13.3. The van der Waals surface area contributed by atoms with Gasteiger partial charge < -0.3 is 4.57 Å². The highest BCUT2D eigenvalue weighted by Gasteiger charge is 2.20. The Morgan fingerprint density at radius 1 is 1.00 bits per heavy atom. The second-order valence-corrected chi connectivity index (χ2v) is 7.69. The highest BCUT2D eigenvalue weighted by molar-refractivity contribution is 5.97. The highest BCUT2D eigenvalue weighted by atomic mass is 16.2. The average molecular weight is 416 g/mol. The summed E-state index contributed by atoms with van der Waals surface area (Å²) in [5.74, 6) is -0.270. The molecule has 0 saturated heterocycles. The van der Waals surface area contributed by atoms with Crippen LogP contribution in [0.4, 0.5) is 0 Å². The number of hydrogen-bond donors (Lipinski definition) is 0. The quantitative estimate of drug-likeness (QED) is 0.453. The first-order valence-electron chi connectivity index (χ1n) is 10.2. The Morgan fingerprint density at radius 2 is 1.74 bits per heavy atom. The molecule has 0 N–H and O–H groups in total. The van der Waals surface area contributed by atoms with Crippen molar-refractivity contribution in [2.45, 2.75) is 40.4 Å². The molecule has 2 aromatic carbocycles. The average Bonchev–Trinajstić information content (AvgIpc) is 3.20. The Morgan fingerprint density at radius 3 is 2.45 bits per heavy atom. The number of carbonyl (C=O) groups excluding carboxylic acids is 1. The van der Waals surface area contributed by atoms with Crippen LogP contribution in [0, 0.1) is 13.8 Å². The van der Waals surface area contributed by atoms with Crippen molar-refractivity contribution in [2.24, 2.45) is 0 Å². The van der Waals surface area contributed by atoms with Crippen molar-refractivity contribution in [3.63, 3.8) is 0 Å². The Balaban J connectivity index is 1.88. The van der Waals surface area contributed by atoms with Crippen molar-refractivity contribution in [3.05, 3.63) is 98.0 Å². The number of benzene rings is 2. The lowest BCUT2D eigenvalue weighted by molar-refractivity contribution is 0.0968. The van der Waals surface area contributed by atoms with Crippen LogP contribution in [0.1, 0.15) is 34.0 Å². The van der Waals surface area contributed by atoms with Gasteiger partial charge in [0.2, 0.25) is 0 Å². The van der Waals surface area contributed by atoms with Crippen LogP contribution in [0.2, 0.25) is 0 Å². The first-order valence-corrected chi connectivity index (χ1v) is 10.2. The summed E-state index contributed by atoms with van der Waals surface area (Å²) in [6.07, 6.45) is 1.56. The van der Waals surface area contributed by atoms with Crippen LogP contribution in [-0.2, 0) is 19.6 Å². The maximum Gasteiger partial charge on any atom is 0.333 e. The van der Waals surface area contributed by atoms with E-state index in [-0.39, 0.29) is 18.9 Å². The number of nitrogens with zero attached hydrogens (tertiary/aromatic N) is 4. The molecule has 7 nitrogen and oxygen atoms in total. The minimum absolute atomic E-state index is 0.259. The smallest absolute Gasteiger partial charge is 0.325 e. The number of ketones is 1. The van der Waals surface area contributed by atoms with Gasteiger partial charge in [0.05, 0.1) is 19.4 Å². The van der Waals surface area contributed by atoms with Gasteiger partial charge in [-0.15, -0.1) is 0 Å². The van der Waals surface area contributed by atoms with E-state index in [1.54, 1.807) is 17.0 Å². The van der Waals surface area contributed by atoms with Crippen LogP contribution in [0.25, 0.3) is 11.2 Å². The van der Waals surface area contributed by atoms with E-state index in [4.69, 9.17) is 0 Å². The normalized spacial score (nSPS) is 11.2. The van der Waals surface area contributed by atoms with E-state index in [9.17, 15) is 14.4 Å². The summed E-state index contributed by atoms with van der Waals surface area (Å²) in [6, 6.07) is 15.1. The lowest BCUT2D eigenvalue weighted by Crippen LogP contribution is -2.42. The predicted molar refractivity (Wildman–Crippen MR) is 120 cm³/mol. The zero-order valence-corrected chi connectivity index (χ0v) is 17.8. The number of carbonyl (C=O) groups is 1. The number of fused-ring (bicyclic) bond motifs is 1. The van der Waals surface area contributed by atoms with Gasteiger partial charge in [-0.25, -0.2) is 9.78 Å². The number of Topliss-reactive ketones (excluding diaryl/α,β-unsaturated/α-hetero) is 1. The molecule has 31 heavy (non-hydrogen) atoms. The minimum atomic E-state index is -0.540. The standard InChI is InChI=1S/C24H24N4O3/c1-4-26-15-25-22-21(26)23(30)28(14-20(29)19-12-16(2)10-11-17(19)3)24(31)27(22)13-18-8-6-5-7-9-18/h5-12,15H,4,13-14H2,1-3H3. The summed E-state index contributed by atoms with van der Waals surface area (Å²) in [4.78, 5) is 44.0. The van der Waals surface area contributed by atoms with Crippen molar-refractivity contribution in [1.82, 2.24) is 18.7 Å². The molecule has 0 unspecified atom stereocenters. The van der Waals surface area contributed by atoms with Crippen molar-refractivity contribution < 1.29 is 4.79 Å². The lowest BCUT2D eigenvalue weighted by Gasteiger charge is -2.13. The van der Waals surface area contributed by atoms with Crippen molar-refractivity contribution in [3.8, 4) is 0 Å². The van der Waals surface area contributed by atoms with Gasteiger partial charge in [0.15, 0.2) is 16.9 Å². The van der Waals surface area contributed by atoms with Gasteiger partial charge >= 0.3 is 5.69 Å². The zero-order valence-electron chi connectivity index (χ0n) is 17.8. The Labute approximate surface area is 179 Å². The molecule has 4 aromatic rings. The van der Waals surface area contributed by atoms with E-state index in [0.29, 0.717) is 23.3 Å². The number of imidazole rings is 1. The molecule has 0 spiro atoms. The van der Waals surface area contributed by atoms with Crippen LogP contribution in [-0.4, -0.2) is 24.5 Å². The van der Waals surface area contributed by atoms with Gasteiger partial charge in [0.25, 0.3) is 5.56 Å². The molecule has 0 bridgehead atoms. The van der Waals surface area contributed by atoms with Crippen LogP contribution < -0.4 is 11.2 Å². The molecule has 7 heteroatoms. The van der Waals surface area contributed by atoms with E-state index in [2.05, 4.69) is 4.98 Å². The largest absolute Gasteiger partial charge is 0.333 e. The summed E-state index contributed by atoms with van der Waals surface area (Å²) < 4.78 is 4.20. The summed E-state index contributed by atoms with van der Waals surface area (Å²) in [6.45, 7) is 6.12. The molecule has 2 aromatic heterocycles. The maximum atomic E-state index is 13.3. The fraction of sp³-hybridized carbons (Fsp3) is 0.250. The van der Waals surface area contributed by atoms with Crippen LogP contribution in [0.5, 0.6) is 0 Å². The fourth-order valence-corrected chi connectivity index (χ4v) is 3.79. The van der Waals surface area contributed by atoms with Gasteiger partial charge in [-0.05, 0) is 38.0 Å². The predicted octanol–water partition coefficient (Wildman–Crippen LogP) is 2.93. The molecule has 0 saturated carbocycles. The Kier molecular flexibility index (Phi) is 5.42. The molecule has 0 aliphatic heterocycles. The zero-order chi connectivity index (χ0) is 22.1. The third-order valence-corrected chi connectivity index (χ3v) is 5.50. The Hall–Kier alpha value is -3.74. The molecule has 2 heterocycles. The van der Waals surface area contributed by atoms with Gasteiger partial charge in [-0.1, -0.05) is 48.0 Å². The lowest BCUT2D eigenvalue weighted by atomic mass is 10.0. The van der Waals surface area contributed by atoms with E-state index in [1.807, 2.05) is 63.2 Å². The first kappa shape index (κ1) is 20.5. The van der Waals surface area contributed by atoms with Crippen molar-refractivity contribution in [1.29, 1.82) is 0 Å². The second-order valence-electron chi connectivity index (χ2n) is 7.69. The van der Waals surface area contributed by atoms with E-state index in [1.165, 1.54) is 4.57 Å². The van der Waals surface area contributed by atoms with E-state index < -0.39 is 11.2 Å². The van der Waals surface area contributed by atoms with Gasteiger partial charge in [0.1, 0.15) is 0 Å². The van der Waals surface area contributed by atoms with E-state index in [0.717, 1.165) is 21.3 Å². The van der Waals surface area contributed by atoms with Crippen molar-refractivity contribution >= 4 is 16.9 Å². The molecule has 0 amide bonds. The molecule has 0 atom stereocenters. The van der Waals surface area contributed by atoms with Gasteiger partial charge in [0, 0.05) is 12.1 Å². The highest BCUT2D eigenvalue weighted by Crippen LogP contribution is 2.13. The third kappa shape index (κ3) is 3.74. The van der Waals surface area contributed by atoms with Gasteiger partial charge in [-0.3, -0.25) is 18.7 Å². The number of aromatic nitrogens is 4. The van der Waals surface area contributed by atoms with Crippen LogP contribution in [0.15, 0.2) is 64.4 Å². The molecular weight excluding hydrogens is 392 g/mol. The van der Waals surface area contributed by atoms with E-state index >= 15 is 0 Å².